The summed E-state index contributed by atoms with van der Waals surface area (Å²) in [5, 5.41) is 4.67. The first-order valence-electron chi connectivity index (χ1n) is 10.8. The summed E-state index contributed by atoms with van der Waals surface area (Å²) in [5.74, 6) is -0.221. The molecule has 1 aromatic carbocycles. The molecule has 3 N–H and O–H groups in total. The van der Waals surface area contributed by atoms with Gasteiger partial charge in [0.1, 0.15) is 11.2 Å². The lowest BCUT2D eigenvalue weighted by molar-refractivity contribution is -0.111. The number of anilines is 1. The van der Waals surface area contributed by atoms with Crippen molar-refractivity contribution in [2.45, 2.75) is 0 Å². The number of rotatable bonds is 6. The van der Waals surface area contributed by atoms with Gasteiger partial charge in [-0.3, -0.25) is 9.59 Å². The van der Waals surface area contributed by atoms with E-state index in [0.717, 1.165) is 38.7 Å². The van der Waals surface area contributed by atoms with Crippen LogP contribution in [-0.4, -0.2) is 39.1 Å². The molecular weight excluding hydrogens is 430 g/mol. The van der Waals surface area contributed by atoms with E-state index in [4.69, 9.17) is 4.74 Å². The summed E-state index contributed by atoms with van der Waals surface area (Å²) < 4.78 is 6.51. The van der Waals surface area contributed by atoms with Gasteiger partial charge in [0.25, 0.3) is 5.56 Å². The van der Waals surface area contributed by atoms with Gasteiger partial charge in [0.15, 0.2) is 0 Å². The third kappa shape index (κ3) is 3.91. The first-order chi connectivity index (χ1) is 16.5. The summed E-state index contributed by atoms with van der Waals surface area (Å²) >= 11 is 0. The maximum Gasteiger partial charge on any atom is 0.274 e. The Morgan fingerprint density at radius 2 is 2.03 bits per heavy atom. The van der Waals surface area contributed by atoms with Crippen molar-refractivity contribution in [2.24, 2.45) is 7.05 Å². The number of ether oxygens (including phenoxy) is 1. The van der Waals surface area contributed by atoms with Gasteiger partial charge in [-0.25, -0.2) is 4.98 Å². The number of fused-ring (bicyclic) bond motifs is 2. The Hall–Kier alpha value is -4.43. The smallest absolute Gasteiger partial charge is 0.274 e. The Morgan fingerprint density at radius 1 is 1.15 bits per heavy atom. The summed E-state index contributed by atoms with van der Waals surface area (Å²) in [6.07, 6.45) is 10.4. The van der Waals surface area contributed by atoms with Crippen molar-refractivity contribution in [3.8, 4) is 22.3 Å². The number of methoxy groups -OCH3 is 1. The molecule has 8 nitrogen and oxygen atoms in total. The Bertz CT molecular complexity index is 1610. The zero-order valence-electron chi connectivity index (χ0n) is 18.8. The Kier molecular flexibility index (Phi) is 5.57. The lowest BCUT2D eigenvalue weighted by Gasteiger charge is -2.08. The van der Waals surface area contributed by atoms with Crippen molar-refractivity contribution in [3.05, 3.63) is 83.7 Å². The fourth-order valence-electron chi connectivity index (χ4n) is 4.08. The van der Waals surface area contributed by atoms with E-state index in [1.807, 2.05) is 42.7 Å². The maximum atomic E-state index is 12.5. The predicted molar refractivity (Wildman–Crippen MR) is 134 cm³/mol. The molecule has 8 heteroatoms. The SMILES string of the molecule is COCC=CC(=O)Nc1cccc(-c2cnc3[nH]cc(-c4cn(C)c(=O)c5[nH]ccc45)c3c2)c1. The third-order valence-electron chi connectivity index (χ3n) is 5.71. The number of nitrogens with one attached hydrogen (secondary N) is 3. The largest absolute Gasteiger partial charge is 0.381 e. The number of hydrogen-bond donors (Lipinski definition) is 3. The molecule has 34 heavy (non-hydrogen) atoms. The Labute approximate surface area is 194 Å². The van der Waals surface area contributed by atoms with Crippen LogP contribution in [0, 0.1) is 0 Å². The van der Waals surface area contributed by atoms with Crippen molar-refractivity contribution >= 4 is 33.5 Å². The Morgan fingerprint density at radius 3 is 2.88 bits per heavy atom. The fourth-order valence-corrected chi connectivity index (χ4v) is 4.08. The van der Waals surface area contributed by atoms with Gasteiger partial charge in [-0.05, 0) is 29.8 Å². The van der Waals surface area contributed by atoms with Crippen LogP contribution in [0.1, 0.15) is 0 Å². The lowest BCUT2D eigenvalue weighted by atomic mass is 10.0. The summed E-state index contributed by atoms with van der Waals surface area (Å²) in [4.78, 5) is 35.5. The number of nitrogens with zero attached hydrogens (tertiary/aromatic N) is 2. The van der Waals surface area contributed by atoms with Crippen molar-refractivity contribution < 1.29 is 9.53 Å². The van der Waals surface area contributed by atoms with E-state index < -0.39 is 0 Å². The molecule has 0 fully saturated rings. The highest BCUT2D eigenvalue weighted by molar-refractivity contribution is 6.04. The van der Waals surface area contributed by atoms with E-state index in [-0.39, 0.29) is 11.5 Å². The summed E-state index contributed by atoms with van der Waals surface area (Å²) in [5.41, 5.74) is 5.67. The van der Waals surface area contributed by atoms with Gasteiger partial charge >= 0.3 is 0 Å². The normalized spacial score (nSPS) is 11.6. The highest BCUT2D eigenvalue weighted by atomic mass is 16.5. The van der Waals surface area contributed by atoms with E-state index >= 15 is 0 Å². The molecule has 170 valence electrons. The number of H-pyrrole nitrogens is 2. The summed E-state index contributed by atoms with van der Waals surface area (Å²) in [7, 11) is 3.32. The number of pyridine rings is 2. The van der Waals surface area contributed by atoms with Crippen LogP contribution < -0.4 is 10.9 Å². The molecule has 0 atom stereocenters. The average Bonchev–Trinajstić information content (AvgIpc) is 3.49. The second-order valence-corrected chi connectivity index (χ2v) is 7.98. The number of benzene rings is 1. The van der Waals surface area contributed by atoms with Gasteiger partial charge in [0.2, 0.25) is 5.91 Å². The van der Waals surface area contributed by atoms with Crippen LogP contribution in [0.2, 0.25) is 0 Å². The van der Waals surface area contributed by atoms with Gasteiger partial charge in [-0.1, -0.05) is 18.2 Å². The van der Waals surface area contributed by atoms with Crippen molar-refractivity contribution in [1.29, 1.82) is 0 Å². The minimum absolute atomic E-state index is 0.0710. The van der Waals surface area contributed by atoms with Gasteiger partial charge < -0.3 is 24.6 Å². The zero-order valence-corrected chi connectivity index (χ0v) is 18.8. The van der Waals surface area contributed by atoms with Gasteiger partial charge in [-0.15, -0.1) is 0 Å². The quantitative estimate of drug-likeness (QED) is 0.335. The van der Waals surface area contributed by atoms with Crippen LogP contribution >= 0.6 is 0 Å². The van der Waals surface area contributed by atoms with Crippen LogP contribution in [0.5, 0.6) is 0 Å². The number of carbonyl (C=O) groups is 1. The standard InChI is InChI=1S/C26H23N5O3/c1-31-15-22(19-8-9-27-24(19)26(31)33)21-14-29-25-20(21)12-17(13-28-25)16-5-3-6-18(11-16)30-23(32)7-4-10-34-2/h3-9,11-15,27H,10H2,1-2H3,(H,28,29)(H,30,32). The predicted octanol–water partition coefficient (Wildman–Crippen LogP) is 4.22. The van der Waals surface area contributed by atoms with Crippen LogP contribution in [0.15, 0.2) is 78.1 Å². The van der Waals surface area contributed by atoms with Crippen LogP contribution in [0.4, 0.5) is 5.69 Å². The molecule has 0 aliphatic heterocycles. The second-order valence-electron chi connectivity index (χ2n) is 7.98. The van der Waals surface area contributed by atoms with E-state index in [2.05, 4.69) is 26.3 Å². The number of carbonyl (C=O) groups excluding carboxylic acids is 1. The molecule has 4 aromatic heterocycles. The molecule has 0 saturated carbocycles. The number of aryl methyl sites for hydroxylation is 1. The van der Waals surface area contributed by atoms with Crippen LogP contribution in [-0.2, 0) is 16.6 Å². The molecule has 1 amide bonds. The number of aromatic nitrogens is 4. The van der Waals surface area contributed by atoms with Gasteiger partial charge in [-0.2, -0.15) is 0 Å². The van der Waals surface area contributed by atoms with Gasteiger partial charge in [0, 0.05) is 78.2 Å². The summed E-state index contributed by atoms with van der Waals surface area (Å²) in [6, 6.07) is 11.6. The molecule has 4 heterocycles. The molecule has 5 aromatic rings. The number of aromatic amines is 2. The molecule has 0 bridgehead atoms. The number of hydrogen-bond acceptors (Lipinski definition) is 4. The van der Waals surface area contributed by atoms with E-state index in [1.165, 1.54) is 6.08 Å². The monoisotopic (exact) mass is 453 g/mol. The highest BCUT2D eigenvalue weighted by Gasteiger charge is 2.15. The maximum absolute atomic E-state index is 12.5. The first kappa shape index (κ1) is 21.4. The number of amides is 1. The minimum Gasteiger partial charge on any atom is -0.381 e. The van der Waals surface area contributed by atoms with E-state index in [0.29, 0.717) is 17.8 Å². The molecule has 0 unspecified atom stereocenters. The van der Waals surface area contributed by atoms with E-state index in [9.17, 15) is 9.59 Å². The van der Waals surface area contributed by atoms with Crippen molar-refractivity contribution in [1.82, 2.24) is 19.5 Å². The first-order valence-corrected chi connectivity index (χ1v) is 10.8. The molecule has 0 spiro atoms. The van der Waals surface area contributed by atoms with Crippen LogP contribution in [0.25, 0.3) is 44.2 Å². The topological polar surface area (TPSA) is 105 Å². The van der Waals surface area contributed by atoms with E-state index in [1.54, 1.807) is 37.2 Å². The van der Waals surface area contributed by atoms with Gasteiger partial charge in [0.05, 0.1) is 6.61 Å². The molecule has 0 aliphatic carbocycles. The third-order valence-corrected chi connectivity index (χ3v) is 5.71. The van der Waals surface area contributed by atoms with Crippen molar-refractivity contribution in [2.75, 3.05) is 19.0 Å². The zero-order chi connectivity index (χ0) is 23.7. The minimum atomic E-state index is -0.221. The second kappa shape index (κ2) is 8.84. The lowest BCUT2D eigenvalue weighted by Crippen LogP contribution is -2.16. The van der Waals surface area contributed by atoms with Crippen molar-refractivity contribution in [3.63, 3.8) is 0 Å². The fraction of sp³-hybridized carbons (Fsp3) is 0.115. The van der Waals surface area contributed by atoms with Crippen LogP contribution in [0.3, 0.4) is 0 Å². The molecule has 5 rings (SSSR count). The average molecular weight is 454 g/mol. The Balaban J connectivity index is 1.54. The molecule has 0 aliphatic rings. The summed E-state index contributed by atoms with van der Waals surface area (Å²) in [6.45, 7) is 0.378. The molecular formula is C26H23N5O3. The molecule has 0 radical (unpaired) electrons. The highest BCUT2D eigenvalue weighted by Crippen LogP contribution is 2.34. The molecule has 0 saturated heterocycles.